The lowest BCUT2D eigenvalue weighted by atomic mass is 10.3. The van der Waals surface area contributed by atoms with E-state index in [0.717, 1.165) is 0 Å². The van der Waals surface area contributed by atoms with Gasteiger partial charge < -0.3 is 14.0 Å². The van der Waals surface area contributed by atoms with Gasteiger partial charge in [-0.05, 0) is 19.1 Å². The van der Waals surface area contributed by atoms with Crippen molar-refractivity contribution in [3.05, 3.63) is 47.6 Å². The second kappa shape index (κ2) is 5.99. The predicted octanol–water partition coefficient (Wildman–Crippen LogP) is 2.57. The van der Waals surface area contributed by atoms with Gasteiger partial charge in [0.1, 0.15) is 18.2 Å². The second-order valence-corrected chi connectivity index (χ2v) is 3.64. The Morgan fingerprint density at radius 2 is 2.26 bits per heavy atom. The Morgan fingerprint density at radius 3 is 3.00 bits per heavy atom. The van der Waals surface area contributed by atoms with Gasteiger partial charge >= 0.3 is 5.97 Å². The monoisotopic (exact) mass is 265 g/mol. The molecule has 0 bridgehead atoms. The van der Waals surface area contributed by atoms with E-state index in [-0.39, 0.29) is 24.7 Å². The highest BCUT2D eigenvalue weighted by Crippen LogP contribution is 2.14. The maximum Gasteiger partial charge on any atom is 0.360 e. The van der Waals surface area contributed by atoms with Crippen LogP contribution in [0.2, 0.25) is 0 Å². The van der Waals surface area contributed by atoms with Gasteiger partial charge in [-0.3, -0.25) is 0 Å². The van der Waals surface area contributed by atoms with E-state index in [9.17, 15) is 9.18 Å². The van der Waals surface area contributed by atoms with Crippen molar-refractivity contribution in [2.75, 3.05) is 6.61 Å². The third-order valence-electron chi connectivity index (χ3n) is 2.22. The number of hydrogen-bond donors (Lipinski definition) is 0. The molecular weight excluding hydrogens is 253 g/mol. The highest BCUT2D eigenvalue weighted by molar-refractivity contribution is 5.87. The first kappa shape index (κ1) is 13.1. The van der Waals surface area contributed by atoms with Crippen molar-refractivity contribution in [3.8, 4) is 5.75 Å². The largest absolute Gasteiger partial charge is 0.485 e. The molecule has 100 valence electrons. The number of nitrogens with zero attached hydrogens (tertiary/aromatic N) is 1. The summed E-state index contributed by atoms with van der Waals surface area (Å²) in [5.74, 6) is -0.216. The van der Waals surface area contributed by atoms with Gasteiger partial charge in [-0.1, -0.05) is 11.2 Å². The van der Waals surface area contributed by atoms with E-state index < -0.39 is 5.97 Å². The topological polar surface area (TPSA) is 61.6 Å². The van der Waals surface area contributed by atoms with Gasteiger partial charge in [0.15, 0.2) is 11.5 Å². The summed E-state index contributed by atoms with van der Waals surface area (Å²) in [6.07, 6.45) is 0. The maximum atomic E-state index is 12.9. The molecule has 0 saturated heterocycles. The fourth-order valence-corrected chi connectivity index (χ4v) is 1.39. The van der Waals surface area contributed by atoms with Crippen molar-refractivity contribution < 1.29 is 23.2 Å². The van der Waals surface area contributed by atoms with Crippen molar-refractivity contribution in [1.29, 1.82) is 0 Å². The van der Waals surface area contributed by atoms with Crippen LogP contribution in [-0.2, 0) is 11.3 Å². The smallest absolute Gasteiger partial charge is 0.360 e. The third-order valence-corrected chi connectivity index (χ3v) is 2.22. The first-order chi connectivity index (χ1) is 9.19. The zero-order chi connectivity index (χ0) is 13.7. The first-order valence-corrected chi connectivity index (χ1v) is 5.70. The third kappa shape index (κ3) is 3.54. The van der Waals surface area contributed by atoms with Gasteiger partial charge in [-0.15, -0.1) is 0 Å². The maximum absolute atomic E-state index is 12.9. The zero-order valence-electron chi connectivity index (χ0n) is 10.3. The fraction of sp³-hybridized carbons (Fsp3) is 0.231. The number of ether oxygens (including phenoxy) is 2. The molecule has 0 aliphatic rings. The predicted molar refractivity (Wildman–Crippen MR) is 63.2 cm³/mol. The average Bonchev–Trinajstić information content (AvgIpc) is 2.86. The number of benzene rings is 1. The minimum Gasteiger partial charge on any atom is -0.485 e. The van der Waals surface area contributed by atoms with E-state index in [1.165, 1.54) is 24.3 Å². The van der Waals surface area contributed by atoms with E-state index in [1.807, 2.05) is 0 Å². The van der Waals surface area contributed by atoms with Crippen molar-refractivity contribution in [2.45, 2.75) is 13.5 Å². The number of aromatic nitrogens is 1. The molecule has 0 saturated carbocycles. The number of rotatable bonds is 5. The molecule has 1 heterocycles. The van der Waals surface area contributed by atoms with Crippen molar-refractivity contribution >= 4 is 5.97 Å². The summed E-state index contributed by atoms with van der Waals surface area (Å²) in [6.45, 7) is 2.02. The molecule has 2 rings (SSSR count). The van der Waals surface area contributed by atoms with E-state index in [1.54, 1.807) is 13.0 Å². The van der Waals surface area contributed by atoms with Crippen LogP contribution in [0.3, 0.4) is 0 Å². The van der Waals surface area contributed by atoms with Gasteiger partial charge in [-0.25, -0.2) is 9.18 Å². The van der Waals surface area contributed by atoms with Gasteiger partial charge in [0.25, 0.3) is 0 Å². The highest BCUT2D eigenvalue weighted by atomic mass is 19.1. The van der Waals surface area contributed by atoms with Gasteiger partial charge in [-0.2, -0.15) is 0 Å². The van der Waals surface area contributed by atoms with Gasteiger partial charge in [0.05, 0.1) is 6.61 Å². The number of carbonyl (C=O) groups is 1. The normalized spacial score (nSPS) is 10.2. The zero-order valence-corrected chi connectivity index (χ0v) is 10.3. The molecule has 0 atom stereocenters. The lowest BCUT2D eigenvalue weighted by Gasteiger charge is -2.02. The summed E-state index contributed by atoms with van der Waals surface area (Å²) >= 11 is 0. The summed E-state index contributed by atoms with van der Waals surface area (Å²) in [7, 11) is 0. The van der Waals surface area contributed by atoms with E-state index in [2.05, 4.69) is 5.16 Å². The summed E-state index contributed by atoms with van der Waals surface area (Å²) in [4.78, 5) is 11.3. The molecule has 0 aliphatic heterocycles. The van der Waals surface area contributed by atoms with Crippen LogP contribution in [0.15, 0.2) is 34.9 Å². The molecule has 1 aromatic heterocycles. The number of halogens is 1. The molecule has 1 aromatic carbocycles. The van der Waals surface area contributed by atoms with Gasteiger partial charge in [0.2, 0.25) is 0 Å². The quantitative estimate of drug-likeness (QED) is 0.777. The molecule has 0 spiro atoms. The van der Waals surface area contributed by atoms with Crippen LogP contribution in [0.25, 0.3) is 0 Å². The van der Waals surface area contributed by atoms with Crippen LogP contribution in [0.5, 0.6) is 5.75 Å². The number of carbonyl (C=O) groups excluding carboxylic acids is 1. The Kier molecular flexibility index (Phi) is 4.12. The fourth-order valence-electron chi connectivity index (χ4n) is 1.39. The Bertz CT molecular complexity index is 567. The molecule has 0 radical (unpaired) electrons. The summed E-state index contributed by atoms with van der Waals surface area (Å²) in [6, 6.07) is 7.15. The summed E-state index contributed by atoms with van der Waals surface area (Å²) in [5.41, 5.74) is 0.0830. The Labute approximate surface area is 108 Å². The first-order valence-electron chi connectivity index (χ1n) is 5.70. The Morgan fingerprint density at radius 1 is 1.42 bits per heavy atom. The molecule has 6 heteroatoms. The lowest BCUT2D eigenvalue weighted by Crippen LogP contribution is -2.04. The molecule has 19 heavy (non-hydrogen) atoms. The molecular formula is C13H12FNO4. The average molecular weight is 265 g/mol. The van der Waals surface area contributed by atoms with Crippen molar-refractivity contribution in [3.63, 3.8) is 0 Å². The van der Waals surface area contributed by atoms with E-state index in [0.29, 0.717) is 11.5 Å². The Hall–Kier alpha value is -2.37. The molecule has 5 nitrogen and oxygen atoms in total. The second-order valence-electron chi connectivity index (χ2n) is 3.64. The van der Waals surface area contributed by atoms with Crippen LogP contribution in [0, 0.1) is 5.82 Å². The molecule has 0 fully saturated rings. The standard InChI is InChI=1S/C13H12FNO4/c1-2-17-13(16)12-7-11(19-15-12)8-18-10-5-3-4-9(14)6-10/h3-7H,2,8H2,1H3. The molecule has 0 N–H and O–H groups in total. The van der Waals surface area contributed by atoms with Crippen LogP contribution >= 0.6 is 0 Å². The minimum atomic E-state index is -0.553. The Balaban J connectivity index is 1.95. The summed E-state index contributed by atoms with van der Waals surface area (Å²) in [5, 5.41) is 3.56. The molecule has 0 unspecified atom stereocenters. The van der Waals surface area contributed by atoms with E-state index in [4.69, 9.17) is 14.0 Å². The molecule has 0 aliphatic carbocycles. The van der Waals surface area contributed by atoms with Crippen LogP contribution in [0.1, 0.15) is 23.2 Å². The number of hydrogen-bond acceptors (Lipinski definition) is 5. The molecule has 0 amide bonds. The SMILES string of the molecule is CCOC(=O)c1cc(COc2cccc(F)c2)on1. The lowest BCUT2D eigenvalue weighted by molar-refractivity contribution is 0.0514. The summed E-state index contributed by atoms with van der Waals surface area (Å²) < 4.78 is 27.9. The number of esters is 1. The van der Waals surface area contributed by atoms with Crippen LogP contribution < -0.4 is 4.74 Å². The van der Waals surface area contributed by atoms with Crippen molar-refractivity contribution in [1.82, 2.24) is 5.16 Å². The highest BCUT2D eigenvalue weighted by Gasteiger charge is 2.13. The minimum absolute atomic E-state index is 0.0514. The van der Waals surface area contributed by atoms with Gasteiger partial charge in [0, 0.05) is 12.1 Å². The van der Waals surface area contributed by atoms with Crippen LogP contribution in [-0.4, -0.2) is 17.7 Å². The molecule has 2 aromatic rings. The van der Waals surface area contributed by atoms with Crippen LogP contribution in [0.4, 0.5) is 4.39 Å². The van der Waals surface area contributed by atoms with E-state index >= 15 is 0 Å². The van der Waals surface area contributed by atoms with Crippen molar-refractivity contribution in [2.24, 2.45) is 0 Å².